The number of rotatable bonds is 3. The van der Waals surface area contributed by atoms with Crippen molar-refractivity contribution >= 4 is 11.9 Å². The maximum Gasteiger partial charge on any atom is 0.263 e. The first-order valence-corrected chi connectivity index (χ1v) is 10.8. The molecule has 2 aromatic rings. The Labute approximate surface area is 174 Å². The molecule has 2 saturated heterocycles. The average Bonchev–Trinajstić information content (AvgIpc) is 3.20. The molecule has 0 saturated carbocycles. The summed E-state index contributed by atoms with van der Waals surface area (Å²) in [6.45, 7) is 4.67. The summed E-state index contributed by atoms with van der Waals surface area (Å²) in [5, 5.41) is 0. The van der Waals surface area contributed by atoms with Crippen molar-refractivity contribution in [1.82, 2.24) is 19.4 Å². The van der Waals surface area contributed by atoms with Crippen molar-refractivity contribution in [2.24, 2.45) is 5.92 Å². The fourth-order valence-electron chi connectivity index (χ4n) is 5.04. The van der Waals surface area contributed by atoms with E-state index < -0.39 is 6.17 Å². The topological polar surface area (TPSA) is 71.3 Å². The molecule has 3 atom stereocenters. The summed E-state index contributed by atoms with van der Waals surface area (Å²) in [7, 11) is 0. The van der Waals surface area contributed by atoms with Crippen molar-refractivity contribution in [3.05, 3.63) is 51.7 Å². The van der Waals surface area contributed by atoms with Crippen LogP contribution in [-0.4, -0.2) is 57.7 Å². The van der Waals surface area contributed by atoms with Gasteiger partial charge in [-0.1, -0.05) is 6.92 Å². The van der Waals surface area contributed by atoms with Crippen LogP contribution in [0.15, 0.2) is 29.3 Å². The van der Waals surface area contributed by atoms with Crippen LogP contribution in [0.5, 0.6) is 0 Å². The smallest absolute Gasteiger partial charge is 0.263 e. The van der Waals surface area contributed by atoms with E-state index in [0.29, 0.717) is 25.4 Å². The molecule has 0 aliphatic carbocycles. The Morgan fingerprint density at radius 3 is 2.67 bits per heavy atom. The molecular weight excluding hydrogens is 385 g/mol. The Balaban J connectivity index is 1.41. The van der Waals surface area contributed by atoms with Gasteiger partial charge in [-0.15, -0.1) is 0 Å². The fourth-order valence-corrected chi connectivity index (χ4v) is 5.04. The lowest BCUT2D eigenvalue weighted by Gasteiger charge is -2.42. The van der Waals surface area contributed by atoms with Gasteiger partial charge in [0.25, 0.3) is 11.5 Å². The van der Waals surface area contributed by atoms with Crippen molar-refractivity contribution < 1.29 is 9.18 Å². The second-order valence-electron chi connectivity index (χ2n) is 8.67. The fraction of sp³-hybridized carbons (Fsp3) is 0.545. The molecule has 0 spiro atoms. The van der Waals surface area contributed by atoms with Crippen LogP contribution in [0, 0.1) is 5.92 Å². The molecule has 8 heteroatoms. The Morgan fingerprint density at radius 1 is 1.17 bits per heavy atom. The zero-order valence-corrected chi connectivity index (χ0v) is 17.1. The number of amides is 1. The number of hydrogen-bond acceptors (Lipinski definition) is 5. The number of pyridine rings is 1. The lowest BCUT2D eigenvalue weighted by molar-refractivity contribution is 0.0779. The molecule has 0 radical (unpaired) electrons. The molecule has 5 rings (SSSR count). The van der Waals surface area contributed by atoms with E-state index >= 15 is 0 Å². The number of nitrogens with zero attached hydrogens (tertiary/aromatic N) is 5. The van der Waals surface area contributed by atoms with Gasteiger partial charge in [0.05, 0.1) is 6.54 Å². The molecule has 30 heavy (non-hydrogen) atoms. The summed E-state index contributed by atoms with van der Waals surface area (Å²) in [6.07, 6.45) is 5.04. The third kappa shape index (κ3) is 3.28. The van der Waals surface area contributed by atoms with Gasteiger partial charge in [0.2, 0.25) is 5.95 Å². The largest absolute Gasteiger partial charge is 0.340 e. The molecule has 158 valence electrons. The summed E-state index contributed by atoms with van der Waals surface area (Å²) in [5.41, 5.74) is 1.99. The minimum absolute atomic E-state index is 0.0804. The predicted molar refractivity (Wildman–Crippen MR) is 111 cm³/mol. The van der Waals surface area contributed by atoms with Gasteiger partial charge in [0.15, 0.2) is 0 Å². The number of fused-ring (bicyclic) bond motifs is 4. The maximum atomic E-state index is 13.5. The number of hydrogen-bond donors (Lipinski definition) is 0. The summed E-state index contributed by atoms with van der Waals surface area (Å²) >= 11 is 0. The number of halogens is 1. The zero-order chi connectivity index (χ0) is 20.8. The number of anilines is 1. The molecule has 0 aromatic carbocycles. The molecule has 1 amide bonds. The Hall–Kier alpha value is -2.77. The minimum atomic E-state index is -0.992. The maximum absolute atomic E-state index is 13.5. The number of carbonyl (C=O) groups excluding carboxylic acids is 1. The van der Waals surface area contributed by atoms with E-state index in [2.05, 4.69) is 21.8 Å². The lowest BCUT2D eigenvalue weighted by atomic mass is 9.83. The summed E-state index contributed by atoms with van der Waals surface area (Å²) < 4.78 is 15.3. The Morgan fingerprint density at radius 2 is 1.97 bits per heavy atom. The highest BCUT2D eigenvalue weighted by atomic mass is 19.1. The molecule has 0 unspecified atom stereocenters. The number of carbonyl (C=O) groups is 1. The average molecular weight is 411 g/mol. The van der Waals surface area contributed by atoms with Crippen molar-refractivity contribution in [1.29, 1.82) is 0 Å². The Bertz CT molecular complexity index is 1020. The molecule has 2 bridgehead atoms. The molecular formula is C22H26FN5O2. The van der Waals surface area contributed by atoms with Gasteiger partial charge >= 0.3 is 0 Å². The number of likely N-dealkylation sites (tertiary alicyclic amines) is 1. The third-order valence-electron chi connectivity index (χ3n) is 6.64. The van der Waals surface area contributed by atoms with Crippen LogP contribution in [-0.2, 0) is 13.0 Å². The van der Waals surface area contributed by atoms with Crippen molar-refractivity contribution in [3.63, 3.8) is 0 Å². The molecule has 5 heterocycles. The molecule has 7 nitrogen and oxygen atoms in total. The van der Waals surface area contributed by atoms with Gasteiger partial charge in [-0.25, -0.2) is 14.4 Å². The van der Waals surface area contributed by atoms with E-state index in [1.165, 1.54) is 4.90 Å². The van der Waals surface area contributed by atoms with Gasteiger partial charge in [-0.3, -0.25) is 9.59 Å². The quantitative estimate of drug-likeness (QED) is 0.773. The van der Waals surface area contributed by atoms with E-state index in [4.69, 9.17) is 0 Å². The third-order valence-corrected chi connectivity index (χ3v) is 6.64. The monoisotopic (exact) mass is 411 g/mol. The first-order chi connectivity index (χ1) is 14.5. The van der Waals surface area contributed by atoms with Crippen LogP contribution in [0.4, 0.5) is 10.3 Å². The first-order valence-electron chi connectivity index (χ1n) is 10.8. The summed E-state index contributed by atoms with van der Waals surface area (Å²) in [5.74, 6) is 0.887. The second kappa shape index (κ2) is 7.49. The highest BCUT2D eigenvalue weighted by molar-refractivity contribution is 5.94. The Kier molecular flexibility index (Phi) is 4.79. The number of aryl methyl sites for hydroxylation is 1. The molecule has 3 aliphatic heterocycles. The normalized spacial score (nSPS) is 25.3. The molecule has 0 N–H and O–H groups in total. The van der Waals surface area contributed by atoms with E-state index in [1.54, 1.807) is 10.6 Å². The standard InChI is InChI=1S/C22H26FN5O2/c1-2-14-8-24-22(25-9-14)27-10-15-7-16(12-27)19-4-3-18(21(30)28(19)11-15)20(29)26-6-5-17(23)13-26/h3-4,8-9,15-17H,2,5-7,10-13H2,1H3/t15-,16+,17+/m0/s1. The molecule has 3 aliphatic rings. The van der Waals surface area contributed by atoms with Crippen molar-refractivity contribution in [2.45, 2.75) is 44.8 Å². The van der Waals surface area contributed by atoms with Crippen molar-refractivity contribution in [3.8, 4) is 0 Å². The van der Waals surface area contributed by atoms with Gasteiger partial charge in [0, 0.05) is 50.2 Å². The number of alkyl halides is 1. The van der Waals surface area contributed by atoms with E-state index in [1.807, 2.05) is 18.5 Å². The number of piperidine rings is 1. The highest BCUT2D eigenvalue weighted by Crippen LogP contribution is 2.36. The van der Waals surface area contributed by atoms with E-state index in [-0.39, 0.29) is 29.5 Å². The van der Waals surface area contributed by atoms with Gasteiger partial charge in [-0.2, -0.15) is 0 Å². The first kappa shape index (κ1) is 19.2. The summed E-state index contributed by atoms with van der Waals surface area (Å²) in [6, 6.07) is 3.54. The van der Waals surface area contributed by atoms with Crippen LogP contribution < -0.4 is 10.5 Å². The predicted octanol–water partition coefficient (Wildman–Crippen LogP) is 2.01. The van der Waals surface area contributed by atoms with Crippen LogP contribution in [0.3, 0.4) is 0 Å². The van der Waals surface area contributed by atoms with E-state index in [0.717, 1.165) is 43.1 Å². The zero-order valence-electron chi connectivity index (χ0n) is 17.1. The van der Waals surface area contributed by atoms with Crippen LogP contribution >= 0.6 is 0 Å². The number of aromatic nitrogens is 3. The lowest BCUT2D eigenvalue weighted by Crippen LogP contribution is -2.48. The molecule has 2 aromatic heterocycles. The van der Waals surface area contributed by atoms with Crippen LogP contribution in [0.2, 0.25) is 0 Å². The highest BCUT2D eigenvalue weighted by Gasteiger charge is 2.37. The SMILES string of the molecule is CCc1cnc(N2C[C@@H]3C[C@H](C2)c2ccc(C(=O)N4CC[C@@H](F)C4)c(=O)n2C3)nc1. The minimum Gasteiger partial charge on any atom is -0.340 e. The van der Waals surface area contributed by atoms with Crippen LogP contribution in [0.25, 0.3) is 0 Å². The summed E-state index contributed by atoms with van der Waals surface area (Å²) in [4.78, 5) is 38.6. The van der Waals surface area contributed by atoms with Gasteiger partial charge < -0.3 is 14.4 Å². The van der Waals surface area contributed by atoms with Gasteiger partial charge in [0.1, 0.15) is 11.7 Å². The van der Waals surface area contributed by atoms with Gasteiger partial charge in [-0.05, 0) is 42.9 Å². The second-order valence-corrected chi connectivity index (χ2v) is 8.67. The van der Waals surface area contributed by atoms with E-state index in [9.17, 15) is 14.0 Å². The van der Waals surface area contributed by atoms with Crippen LogP contribution in [0.1, 0.15) is 47.3 Å². The molecule has 2 fully saturated rings. The van der Waals surface area contributed by atoms with Crippen molar-refractivity contribution in [2.75, 3.05) is 31.1 Å².